The fourth-order valence-corrected chi connectivity index (χ4v) is 2.28. The molecule has 1 aromatic heterocycles. The lowest BCUT2D eigenvalue weighted by Gasteiger charge is -2.25. The summed E-state index contributed by atoms with van der Waals surface area (Å²) in [7, 11) is 0. The maximum atomic E-state index is 4.49. The second-order valence-electron chi connectivity index (χ2n) is 4.73. The summed E-state index contributed by atoms with van der Waals surface area (Å²) < 4.78 is 0. The Labute approximate surface area is 113 Å². The predicted molar refractivity (Wildman–Crippen MR) is 78.4 cm³/mol. The molecule has 0 unspecified atom stereocenters. The van der Waals surface area contributed by atoms with Crippen LogP contribution >= 0.6 is 11.8 Å². The first kappa shape index (κ1) is 13.5. The Morgan fingerprint density at radius 2 is 2.00 bits per heavy atom. The third-order valence-corrected chi connectivity index (χ3v) is 3.79. The molecule has 2 N–H and O–H groups in total. The topological polar surface area (TPSA) is 49.8 Å². The van der Waals surface area contributed by atoms with Crippen molar-refractivity contribution in [3.05, 3.63) is 6.07 Å². The Balaban J connectivity index is 1.97. The van der Waals surface area contributed by atoms with Crippen molar-refractivity contribution in [1.82, 2.24) is 9.97 Å². The molecule has 1 heterocycles. The van der Waals surface area contributed by atoms with E-state index < -0.39 is 0 Å². The molecule has 0 bridgehead atoms. The predicted octanol–water partition coefficient (Wildman–Crippen LogP) is 3.23. The molecular formula is C13H22N4S. The van der Waals surface area contributed by atoms with Crippen LogP contribution in [-0.4, -0.2) is 29.3 Å². The molecule has 0 atom stereocenters. The van der Waals surface area contributed by atoms with Gasteiger partial charge in [0.25, 0.3) is 0 Å². The summed E-state index contributed by atoms with van der Waals surface area (Å²) in [5.41, 5.74) is 0. The molecule has 0 saturated heterocycles. The van der Waals surface area contributed by atoms with Crippen LogP contribution in [0.3, 0.4) is 0 Å². The highest BCUT2D eigenvalue weighted by Gasteiger charge is 2.17. The lowest BCUT2D eigenvalue weighted by molar-refractivity contribution is 0.333. The highest BCUT2D eigenvalue weighted by Crippen LogP contribution is 2.26. The van der Waals surface area contributed by atoms with Gasteiger partial charge in [-0.3, -0.25) is 0 Å². The van der Waals surface area contributed by atoms with Crippen LogP contribution in [0, 0.1) is 5.92 Å². The van der Waals surface area contributed by atoms with Crippen molar-refractivity contribution >= 4 is 23.4 Å². The maximum absolute atomic E-state index is 4.49. The summed E-state index contributed by atoms with van der Waals surface area (Å²) in [6.07, 6.45) is 7.20. The van der Waals surface area contributed by atoms with Gasteiger partial charge in [-0.25, -0.2) is 9.97 Å². The normalized spacial score (nSPS) is 15.2. The first-order chi connectivity index (χ1) is 8.81. The molecule has 0 radical (unpaired) electrons. The lowest BCUT2D eigenvalue weighted by atomic mass is 9.85. The van der Waals surface area contributed by atoms with E-state index in [0.29, 0.717) is 0 Å². The minimum atomic E-state index is 0.826. The first-order valence-corrected chi connectivity index (χ1v) is 7.95. The minimum Gasteiger partial charge on any atom is -0.370 e. The van der Waals surface area contributed by atoms with Crippen LogP contribution in [-0.2, 0) is 0 Å². The summed E-state index contributed by atoms with van der Waals surface area (Å²) in [6.45, 7) is 4.14. The fraction of sp³-hybridized carbons (Fsp3) is 0.692. The molecule has 1 aliphatic carbocycles. The van der Waals surface area contributed by atoms with Gasteiger partial charge in [0.1, 0.15) is 11.6 Å². The third kappa shape index (κ3) is 3.77. The van der Waals surface area contributed by atoms with Crippen LogP contribution in [0.25, 0.3) is 0 Å². The number of nitrogens with zero attached hydrogens (tertiary/aromatic N) is 2. The molecule has 1 saturated carbocycles. The van der Waals surface area contributed by atoms with E-state index in [9.17, 15) is 0 Å². The monoisotopic (exact) mass is 266 g/mol. The zero-order valence-electron chi connectivity index (χ0n) is 11.2. The second-order valence-corrected chi connectivity index (χ2v) is 5.50. The third-order valence-electron chi connectivity index (χ3n) is 3.24. The molecule has 100 valence electrons. The van der Waals surface area contributed by atoms with Gasteiger partial charge in [0.15, 0.2) is 5.16 Å². The molecule has 1 aromatic rings. The quantitative estimate of drug-likeness (QED) is 0.586. The van der Waals surface area contributed by atoms with E-state index in [2.05, 4.69) is 27.5 Å². The van der Waals surface area contributed by atoms with Gasteiger partial charge in [0, 0.05) is 19.2 Å². The summed E-state index contributed by atoms with van der Waals surface area (Å²) in [5.74, 6) is 2.71. The highest BCUT2D eigenvalue weighted by molar-refractivity contribution is 7.98. The Morgan fingerprint density at radius 1 is 1.28 bits per heavy atom. The summed E-state index contributed by atoms with van der Waals surface area (Å²) >= 11 is 1.58. The van der Waals surface area contributed by atoms with Gasteiger partial charge in [0.2, 0.25) is 0 Å². The van der Waals surface area contributed by atoms with Gasteiger partial charge in [-0.15, -0.1) is 0 Å². The Morgan fingerprint density at radius 3 is 2.56 bits per heavy atom. The van der Waals surface area contributed by atoms with Gasteiger partial charge in [0.05, 0.1) is 0 Å². The first-order valence-electron chi connectivity index (χ1n) is 6.72. The molecule has 1 aliphatic rings. The molecule has 5 heteroatoms. The molecule has 0 aromatic carbocycles. The number of anilines is 2. The number of hydrogen-bond donors (Lipinski definition) is 2. The summed E-state index contributed by atoms with van der Waals surface area (Å²) in [5, 5.41) is 7.58. The van der Waals surface area contributed by atoms with E-state index in [0.717, 1.165) is 42.2 Å². The molecule has 18 heavy (non-hydrogen) atoms. The molecule has 0 aliphatic heterocycles. The zero-order valence-corrected chi connectivity index (χ0v) is 12.0. The number of aromatic nitrogens is 2. The smallest absolute Gasteiger partial charge is 0.191 e. The number of thioether (sulfide) groups is 1. The van der Waals surface area contributed by atoms with Gasteiger partial charge in [-0.05, 0) is 31.4 Å². The van der Waals surface area contributed by atoms with Crippen molar-refractivity contribution in [2.24, 2.45) is 5.92 Å². The van der Waals surface area contributed by atoms with Gasteiger partial charge < -0.3 is 10.6 Å². The number of rotatable bonds is 7. The van der Waals surface area contributed by atoms with E-state index in [1.165, 1.54) is 19.3 Å². The Hall–Kier alpha value is -0.970. The molecule has 0 spiro atoms. The molecule has 1 fully saturated rings. The lowest BCUT2D eigenvalue weighted by Crippen LogP contribution is -2.21. The zero-order chi connectivity index (χ0) is 12.8. The fourth-order valence-electron chi connectivity index (χ4n) is 1.90. The van der Waals surface area contributed by atoms with Crippen molar-refractivity contribution in [3.63, 3.8) is 0 Å². The average Bonchev–Trinajstić information content (AvgIpc) is 2.34. The molecule has 2 rings (SSSR count). The summed E-state index contributed by atoms with van der Waals surface area (Å²) in [6, 6.07) is 2.01. The van der Waals surface area contributed by atoms with Crippen LogP contribution in [0.2, 0.25) is 0 Å². The largest absolute Gasteiger partial charge is 0.370 e. The molecule has 4 nitrogen and oxygen atoms in total. The molecule has 0 amide bonds. The van der Waals surface area contributed by atoms with Gasteiger partial charge >= 0.3 is 0 Å². The van der Waals surface area contributed by atoms with E-state index in [-0.39, 0.29) is 0 Å². The molecular weight excluding hydrogens is 244 g/mol. The van der Waals surface area contributed by atoms with E-state index in [4.69, 9.17) is 0 Å². The van der Waals surface area contributed by atoms with E-state index >= 15 is 0 Å². The van der Waals surface area contributed by atoms with E-state index in [1.54, 1.807) is 11.8 Å². The number of nitrogens with one attached hydrogen (secondary N) is 2. The second kappa shape index (κ2) is 6.83. The number of hydrogen-bond acceptors (Lipinski definition) is 5. The maximum Gasteiger partial charge on any atom is 0.191 e. The van der Waals surface area contributed by atoms with E-state index in [1.807, 2.05) is 12.3 Å². The van der Waals surface area contributed by atoms with Gasteiger partial charge in [-0.2, -0.15) is 0 Å². The Kier molecular flexibility index (Phi) is 5.11. The van der Waals surface area contributed by atoms with Crippen molar-refractivity contribution in [2.75, 3.05) is 30.0 Å². The standard InChI is InChI=1S/C13H22N4S/c1-3-7-14-11-8-12(17-13(16-11)18-2)15-9-10-5-4-6-10/h8,10H,3-7,9H2,1-2H3,(H2,14,15,16,17). The highest BCUT2D eigenvalue weighted by atomic mass is 32.2. The average molecular weight is 266 g/mol. The minimum absolute atomic E-state index is 0.826. The van der Waals surface area contributed by atoms with Crippen molar-refractivity contribution in [3.8, 4) is 0 Å². The SMILES string of the molecule is CCCNc1cc(NCC2CCC2)nc(SC)n1. The van der Waals surface area contributed by atoms with Crippen LogP contribution in [0.5, 0.6) is 0 Å². The van der Waals surface area contributed by atoms with Gasteiger partial charge in [-0.1, -0.05) is 25.1 Å². The van der Waals surface area contributed by atoms with Crippen molar-refractivity contribution < 1.29 is 0 Å². The van der Waals surface area contributed by atoms with Crippen LogP contribution < -0.4 is 10.6 Å². The van der Waals surface area contributed by atoms with Crippen molar-refractivity contribution in [2.45, 2.75) is 37.8 Å². The summed E-state index contributed by atoms with van der Waals surface area (Å²) in [4.78, 5) is 8.94. The van der Waals surface area contributed by atoms with Crippen LogP contribution in [0.15, 0.2) is 11.2 Å². The van der Waals surface area contributed by atoms with Crippen LogP contribution in [0.4, 0.5) is 11.6 Å². The van der Waals surface area contributed by atoms with Crippen LogP contribution in [0.1, 0.15) is 32.6 Å². The van der Waals surface area contributed by atoms with Crippen molar-refractivity contribution in [1.29, 1.82) is 0 Å². The Bertz CT molecular complexity index is 379.